The SMILES string of the molecule is C=CC(=O)C1CC2CCC1C2. The zero-order chi connectivity index (χ0) is 7.84. The topological polar surface area (TPSA) is 17.1 Å². The molecule has 0 N–H and O–H groups in total. The van der Waals surface area contributed by atoms with Gasteiger partial charge in [-0.3, -0.25) is 4.79 Å². The summed E-state index contributed by atoms with van der Waals surface area (Å²) in [5.74, 6) is 2.22. The molecule has 60 valence electrons. The monoisotopic (exact) mass is 150 g/mol. The van der Waals surface area contributed by atoms with Crippen LogP contribution in [0.2, 0.25) is 0 Å². The number of rotatable bonds is 2. The van der Waals surface area contributed by atoms with E-state index in [0.717, 1.165) is 12.3 Å². The molecule has 1 nitrogen and oxygen atoms in total. The number of carbonyl (C=O) groups is 1. The van der Waals surface area contributed by atoms with Gasteiger partial charge in [-0.25, -0.2) is 0 Å². The van der Waals surface area contributed by atoms with Crippen LogP contribution in [0, 0.1) is 17.8 Å². The van der Waals surface area contributed by atoms with Gasteiger partial charge in [-0.1, -0.05) is 13.0 Å². The first-order chi connectivity index (χ1) is 5.31. The smallest absolute Gasteiger partial charge is 0.158 e. The van der Waals surface area contributed by atoms with Crippen molar-refractivity contribution in [3.63, 3.8) is 0 Å². The van der Waals surface area contributed by atoms with Gasteiger partial charge in [0.2, 0.25) is 0 Å². The molecule has 2 rings (SSSR count). The highest BCUT2D eigenvalue weighted by molar-refractivity contribution is 5.91. The van der Waals surface area contributed by atoms with Crippen molar-refractivity contribution < 1.29 is 4.79 Å². The summed E-state index contributed by atoms with van der Waals surface area (Å²) in [6.45, 7) is 3.54. The molecule has 2 aliphatic rings. The standard InChI is InChI=1S/C10H14O/c1-2-10(11)9-6-7-3-4-8(9)5-7/h2,7-9H,1,3-6H2. The molecule has 2 bridgehead atoms. The molecular weight excluding hydrogens is 136 g/mol. The second-order valence-electron chi connectivity index (χ2n) is 3.89. The van der Waals surface area contributed by atoms with Crippen LogP contribution in [0.15, 0.2) is 12.7 Å². The molecular formula is C10H14O. The van der Waals surface area contributed by atoms with Crippen molar-refractivity contribution in [1.29, 1.82) is 0 Å². The molecule has 1 heteroatoms. The van der Waals surface area contributed by atoms with Gasteiger partial charge in [0, 0.05) is 5.92 Å². The second kappa shape index (κ2) is 2.47. The first-order valence-corrected chi connectivity index (χ1v) is 4.47. The first kappa shape index (κ1) is 7.08. The highest BCUT2D eigenvalue weighted by Crippen LogP contribution is 2.48. The lowest BCUT2D eigenvalue weighted by Gasteiger charge is -2.18. The summed E-state index contributed by atoms with van der Waals surface area (Å²) in [6, 6.07) is 0. The molecule has 2 aliphatic carbocycles. The fourth-order valence-electron chi connectivity index (χ4n) is 2.74. The van der Waals surface area contributed by atoms with Crippen LogP contribution < -0.4 is 0 Å². The van der Waals surface area contributed by atoms with Crippen molar-refractivity contribution in [2.45, 2.75) is 25.7 Å². The van der Waals surface area contributed by atoms with Gasteiger partial charge in [-0.05, 0) is 37.2 Å². The van der Waals surface area contributed by atoms with Gasteiger partial charge in [0.05, 0.1) is 0 Å². The van der Waals surface area contributed by atoms with Crippen molar-refractivity contribution in [3.05, 3.63) is 12.7 Å². The minimum atomic E-state index is 0.289. The van der Waals surface area contributed by atoms with Gasteiger partial charge in [0.1, 0.15) is 0 Å². The summed E-state index contributed by atoms with van der Waals surface area (Å²) in [6.07, 6.45) is 6.62. The minimum Gasteiger partial charge on any atom is -0.295 e. The lowest BCUT2D eigenvalue weighted by Crippen LogP contribution is -2.18. The predicted molar refractivity (Wildman–Crippen MR) is 44.1 cm³/mol. The summed E-state index contributed by atoms with van der Waals surface area (Å²) in [4.78, 5) is 11.3. The molecule has 0 saturated heterocycles. The zero-order valence-corrected chi connectivity index (χ0v) is 6.75. The molecule has 0 amide bonds. The lowest BCUT2D eigenvalue weighted by molar-refractivity contribution is -0.119. The predicted octanol–water partition coefficient (Wildman–Crippen LogP) is 2.18. The van der Waals surface area contributed by atoms with E-state index < -0.39 is 0 Å². The number of carbonyl (C=O) groups excluding carboxylic acids is 1. The normalized spacial score (nSPS) is 40.9. The summed E-state index contributed by atoms with van der Waals surface area (Å²) in [5.41, 5.74) is 0. The van der Waals surface area contributed by atoms with Crippen LogP contribution in [0.3, 0.4) is 0 Å². The van der Waals surface area contributed by atoms with E-state index in [1.54, 1.807) is 0 Å². The fraction of sp³-hybridized carbons (Fsp3) is 0.700. The van der Waals surface area contributed by atoms with Gasteiger partial charge in [-0.15, -0.1) is 0 Å². The zero-order valence-electron chi connectivity index (χ0n) is 6.75. The van der Waals surface area contributed by atoms with Crippen molar-refractivity contribution in [1.82, 2.24) is 0 Å². The van der Waals surface area contributed by atoms with Crippen LogP contribution in [0.4, 0.5) is 0 Å². The Hall–Kier alpha value is -0.590. The highest BCUT2D eigenvalue weighted by Gasteiger charge is 2.41. The maximum Gasteiger partial charge on any atom is 0.158 e. The highest BCUT2D eigenvalue weighted by atomic mass is 16.1. The summed E-state index contributed by atoms with van der Waals surface area (Å²) in [7, 11) is 0. The van der Waals surface area contributed by atoms with E-state index in [4.69, 9.17) is 0 Å². The van der Waals surface area contributed by atoms with Crippen LogP contribution in [-0.4, -0.2) is 5.78 Å². The maximum atomic E-state index is 11.3. The van der Waals surface area contributed by atoms with E-state index in [2.05, 4.69) is 6.58 Å². The van der Waals surface area contributed by atoms with Crippen molar-refractivity contribution in [3.8, 4) is 0 Å². The molecule has 3 unspecified atom stereocenters. The van der Waals surface area contributed by atoms with Crippen molar-refractivity contribution in [2.75, 3.05) is 0 Å². The van der Waals surface area contributed by atoms with E-state index in [-0.39, 0.29) is 5.78 Å². The van der Waals surface area contributed by atoms with Crippen molar-refractivity contribution >= 4 is 5.78 Å². The van der Waals surface area contributed by atoms with Crippen molar-refractivity contribution in [2.24, 2.45) is 17.8 Å². The van der Waals surface area contributed by atoms with Gasteiger partial charge < -0.3 is 0 Å². The molecule has 11 heavy (non-hydrogen) atoms. The molecule has 0 spiro atoms. The fourth-order valence-corrected chi connectivity index (χ4v) is 2.74. The van der Waals surface area contributed by atoms with Gasteiger partial charge in [0.25, 0.3) is 0 Å². The Kier molecular flexibility index (Phi) is 1.59. The van der Waals surface area contributed by atoms with Gasteiger partial charge in [-0.2, -0.15) is 0 Å². The Morgan fingerprint density at radius 2 is 2.18 bits per heavy atom. The molecule has 0 aliphatic heterocycles. The molecule has 0 heterocycles. The average Bonchev–Trinajstić information content (AvgIpc) is 2.62. The van der Waals surface area contributed by atoms with Crippen LogP contribution in [0.5, 0.6) is 0 Å². The largest absolute Gasteiger partial charge is 0.295 e. The molecule has 2 fully saturated rings. The third-order valence-corrected chi connectivity index (χ3v) is 3.30. The first-order valence-electron chi connectivity index (χ1n) is 4.47. The van der Waals surface area contributed by atoms with Crippen LogP contribution >= 0.6 is 0 Å². The van der Waals surface area contributed by atoms with Gasteiger partial charge >= 0.3 is 0 Å². The summed E-state index contributed by atoms with van der Waals surface area (Å²) >= 11 is 0. The molecule has 3 atom stereocenters. The summed E-state index contributed by atoms with van der Waals surface area (Å²) in [5, 5.41) is 0. The number of hydrogen-bond donors (Lipinski definition) is 0. The van der Waals surface area contributed by atoms with Crippen LogP contribution in [-0.2, 0) is 4.79 Å². The quantitative estimate of drug-likeness (QED) is 0.551. The molecule has 0 aromatic heterocycles. The van der Waals surface area contributed by atoms with E-state index in [1.807, 2.05) is 0 Å². The van der Waals surface area contributed by atoms with E-state index in [1.165, 1.54) is 25.3 Å². The van der Waals surface area contributed by atoms with E-state index in [0.29, 0.717) is 11.8 Å². The Balaban J connectivity index is 2.07. The number of fused-ring (bicyclic) bond motifs is 2. The summed E-state index contributed by atoms with van der Waals surface area (Å²) < 4.78 is 0. The molecule has 0 aromatic carbocycles. The number of allylic oxidation sites excluding steroid dienone is 1. The second-order valence-corrected chi connectivity index (χ2v) is 3.89. The molecule has 0 radical (unpaired) electrons. The van der Waals surface area contributed by atoms with Gasteiger partial charge in [0.15, 0.2) is 5.78 Å². The Morgan fingerprint density at radius 3 is 2.64 bits per heavy atom. The lowest BCUT2D eigenvalue weighted by atomic mass is 9.86. The number of hydrogen-bond acceptors (Lipinski definition) is 1. The van der Waals surface area contributed by atoms with Crippen LogP contribution in [0.25, 0.3) is 0 Å². The Bertz CT molecular complexity index is 195. The third-order valence-electron chi connectivity index (χ3n) is 3.30. The maximum absolute atomic E-state index is 11.3. The Labute approximate surface area is 67.5 Å². The van der Waals surface area contributed by atoms with E-state index >= 15 is 0 Å². The average molecular weight is 150 g/mol. The van der Waals surface area contributed by atoms with Crippen LogP contribution in [0.1, 0.15) is 25.7 Å². The Morgan fingerprint density at radius 1 is 1.36 bits per heavy atom. The molecule has 2 saturated carbocycles. The number of ketones is 1. The molecule has 0 aromatic rings. The minimum absolute atomic E-state index is 0.289. The third kappa shape index (κ3) is 1.03. The van der Waals surface area contributed by atoms with E-state index in [9.17, 15) is 4.79 Å².